The molecule has 0 atom stereocenters. The molecule has 23 heavy (non-hydrogen) atoms. The fourth-order valence-electron chi connectivity index (χ4n) is 2.42. The van der Waals surface area contributed by atoms with Crippen LogP contribution >= 0.6 is 0 Å². The van der Waals surface area contributed by atoms with Gasteiger partial charge in [0.1, 0.15) is 0 Å². The molecule has 0 aromatic heterocycles. The highest BCUT2D eigenvalue weighted by Crippen LogP contribution is 2.12. The molecule has 124 valence electrons. The zero-order chi connectivity index (χ0) is 16.7. The van der Waals surface area contributed by atoms with Crippen molar-refractivity contribution in [3.63, 3.8) is 0 Å². The van der Waals surface area contributed by atoms with E-state index in [4.69, 9.17) is 0 Å². The van der Waals surface area contributed by atoms with Gasteiger partial charge in [-0.3, -0.25) is 14.5 Å². The third kappa shape index (κ3) is 5.07. The van der Waals surface area contributed by atoms with Crippen LogP contribution in [0.15, 0.2) is 24.3 Å². The Morgan fingerprint density at radius 2 is 2.00 bits per heavy atom. The van der Waals surface area contributed by atoms with Crippen molar-refractivity contribution in [2.45, 2.75) is 6.42 Å². The molecule has 1 fully saturated rings. The molecule has 0 unspecified atom stereocenters. The van der Waals surface area contributed by atoms with Gasteiger partial charge in [0.25, 0.3) is 0 Å². The number of hydrogen-bond donors (Lipinski definition) is 1. The average molecular weight is 319 g/mol. The van der Waals surface area contributed by atoms with Crippen LogP contribution in [-0.2, 0) is 14.3 Å². The van der Waals surface area contributed by atoms with Crippen LogP contribution in [0.2, 0.25) is 0 Å². The van der Waals surface area contributed by atoms with Crippen molar-refractivity contribution in [3.8, 4) is 0 Å². The fraction of sp³-hybridized carbons (Fsp3) is 0.438. The molecule has 1 aliphatic rings. The molecule has 2 rings (SSSR count). The number of nitrogens with one attached hydrogen (secondary N) is 1. The second-order valence-corrected chi connectivity index (χ2v) is 5.35. The predicted molar refractivity (Wildman–Crippen MR) is 85.1 cm³/mol. The number of nitrogens with zero attached hydrogens (tertiary/aromatic N) is 2. The van der Waals surface area contributed by atoms with Crippen molar-refractivity contribution in [3.05, 3.63) is 29.8 Å². The van der Waals surface area contributed by atoms with Crippen LogP contribution < -0.4 is 5.32 Å². The van der Waals surface area contributed by atoms with Crippen molar-refractivity contribution in [1.82, 2.24) is 9.80 Å². The van der Waals surface area contributed by atoms with Gasteiger partial charge in [0.05, 0.1) is 12.7 Å². The molecule has 0 bridgehead atoms. The second kappa shape index (κ2) is 8.28. The van der Waals surface area contributed by atoms with Gasteiger partial charge in [-0.2, -0.15) is 0 Å². The van der Waals surface area contributed by atoms with Crippen LogP contribution in [-0.4, -0.2) is 67.9 Å². The summed E-state index contributed by atoms with van der Waals surface area (Å²) in [4.78, 5) is 38.0. The minimum absolute atomic E-state index is 0.107. The number of anilines is 1. The van der Waals surface area contributed by atoms with E-state index in [9.17, 15) is 14.4 Å². The Morgan fingerprint density at radius 3 is 2.65 bits per heavy atom. The lowest BCUT2D eigenvalue weighted by Gasteiger charge is -2.32. The van der Waals surface area contributed by atoms with E-state index in [-0.39, 0.29) is 5.91 Å². The summed E-state index contributed by atoms with van der Waals surface area (Å²) in [5, 5.41) is 2.78. The summed E-state index contributed by atoms with van der Waals surface area (Å²) >= 11 is 0. The summed E-state index contributed by atoms with van der Waals surface area (Å²) in [6.45, 7) is 3.61. The van der Waals surface area contributed by atoms with Crippen LogP contribution in [0, 0.1) is 0 Å². The highest BCUT2D eigenvalue weighted by atomic mass is 16.5. The number of piperazine rings is 1. The lowest BCUT2D eigenvalue weighted by molar-refractivity contribution is -0.120. The topological polar surface area (TPSA) is 79.0 Å². The van der Waals surface area contributed by atoms with Gasteiger partial charge in [-0.1, -0.05) is 6.07 Å². The number of carbonyl (C=O) groups excluding carboxylic acids is 3. The molecule has 1 saturated heterocycles. The largest absolute Gasteiger partial charge is 0.465 e. The molecule has 1 heterocycles. The highest BCUT2D eigenvalue weighted by Gasteiger charge is 2.16. The first kappa shape index (κ1) is 17.0. The zero-order valence-electron chi connectivity index (χ0n) is 13.2. The molecule has 0 saturated carbocycles. The maximum Gasteiger partial charge on any atom is 0.337 e. The Hall–Kier alpha value is -2.41. The van der Waals surface area contributed by atoms with Gasteiger partial charge >= 0.3 is 5.97 Å². The van der Waals surface area contributed by atoms with E-state index in [0.717, 1.165) is 19.5 Å². The van der Waals surface area contributed by atoms with Gasteiger partial charge in [0.15, 0.2) is 0 Å². The maximum atomic E-state index is 12.0. The van der Waals surface area contributed by atoms with E-state index in [1.165, 1.54) is 7.11 Å². The predicted octanol–water partition coefficient (Wildman–Crippen LogP) is 0.576. The first-order chi connectivity index (χ1) is 11.1. The molecule has 7 heteroatoms. The van der Waals surface area contributed by atoms with Crippen molar-refractivity contribution in [2.24, 2.45) is 0 Å². The molecular weight excluding hydrogens is 298 g/mol. The second-order valence-electron chi connectivity index (χ2n) is 5.35. The van der Waals surface area contributed by atoms with Gasteiger partial charge in [-0.15, -0.1) is 0 Å². The van der Waals surface area contributed by atoms with Gasteiger partial charge in [-0.25, -0.2) is 4.79 Å². The third-order valence-corrected chi connectivity index (χ3v) is 3.78. The molecule has 1 aromatic rings. The summed E-state index contributed by atoms with van der Waals surface area (Å²) in [5.41, 5.74) is 0.971. The molecule has 1 aromatic carbocycles. The lowest BCUT2D eigenvalue weighted by Crippen LogP contribution is -2.46. The van der Waals surface area contributed by atoms with Crippen LogP contribution in [0.5, 0.6) is 0 Å². The van der Waals surface area contributed by atoms with Crippen LogP contribution in [0.3, 0.4) is 0 Å². The molecule has 0 radical (unpaired) electrons. The summed E-state index contributed by atoms with van der Waals surface area (Å²) in [7, 11) is 1.32. The van der Waals surface area contributed by atoms with Crippen LogP contribution in [0.4, 0.5) is 5.69 Å². The Kier molecular flexibility index (Phi) is 6.10. The lowest BCUT2D eigenvalue weighted by atomic mass is 10.2. The van der Waals surface area contributed by atoms with E-state index in [0.29, 0.717) is 37.3 Å². The molecule has 1 N–H and O–H groups in total. The zero-order valence-corrected chi connectivity index (χ0v) is 13.2. The Balaban J connectivity index is 1.79. The van der Waals surface area contributed by atoms with Gasteiger partial charge in [-0.05, 0) is 18.2 Å². The van der Waals surface area contributed by atoms with Crippen LogP contribution in [0.1, 0.15) is 16.8 Å². The van der Waals surface area contributed by atoms with Crippen LogP contribution in [0.25, 0.3) is 0 Å². The van der Waals surface area contributed by atoms with Gasteiger partial charge in [0, 0.05) is 44.8 Å². The minimum Gasteiger partial charge on any atom is -0.465 e. The van der Waals surface area contributed by atoms with Crippen molar-refractivity contribution in [1.29, 1.82) is 0 Å². The Bertz CT molecular complexity index is 568. The molecule has 0 spiro atoms. The molecular formula is C16H21N3O4. The van der Waals surface area contributed by atoms with E-state index in [1.54, 1.807) is 29.2 Å². The van der Waals surface area contributed by atoms with Gasteiger partial charge in [0.2, 0.25) is 12.3 Å². The van der Waals surface area contributed by atoms with E-state index < -0.39 is 5.97 Å². The number of amides is 2. The molecule has 2 amide bonds. The quantitative estimate of drug-likeness (QED) is 0.613. The number of hydrogen-bond acceptors (Lipinski definition) is 5. The normalized spacial score (nSPS) is 15.1. The maximum absolute atomic E-state index is 12.0. The van der Waals surface area contributed by atoms with Crippen molar-refractivity contribution in [2.75, 3.05) is 45.2 Å². The molecule has 0 aliphatic carbocycles. The standard InChI is InChI=1S/C16H21N3O4/c1-23-16(22)13-3-2-4-14(11-13)17-15(21)5-6-18-7-9-19(12-20)10-8-18/h2-4,11-12H,5-10H2,1H3,(H,17,21). The third-order valence-electron chi connectivity index (χ3n) is 3.78. The van der Waals surface area contributed by atoms with E-state index in [2.05, 4.69) is 15.0 Å². The van der Waals surface area contributed by atoms with Gasteiger partial charge < -0.3 is 15.0 Å². The number of esters is 1. The number of ether oxygens (including phenoxy) is 1. The molecule has 7 nitrogen and oxygen atoms in total. The fourth-order valence-corrected chi connectivity index (χ4v) is 2.42. The summed E-state index contributed by atoms with van der Waals surface area (Å²) in [6.07, 6.45) is 1.22. The first-order valence-electron chi connectivity index (χ1n) is 7.52. The number of rotatable bonds is 6. The Labute approximate surface area is 135 Å². The number of carbonyl (C=O) groups is 3. The first-order valence-corrected chi connectivity index (χ1v) is 7.52. The smallest absolute Gasteiger partial charge is 0.337 e. The van der Waals surface area contributed by atoms with E-state index >= 15 is 0 Å². The molecule has 1 aliphatic heterocycles. The minimum atomic E-state index is -0.436. The summed E-state index contributed by atoms with van der Waals surface area (Å²) in [5.74, 6) is -0.543. The Morgan fingerprint density at radius 1 is 1.26 bits per heavy atom. The van der Waals surface area contributed by atoms with Crippen molar-refractivity contribution < 1.29 is 19.1 Å². The van der Waals surface area contributed by atoms with Crippen molar-refractivity contribution >= 4 is 24.0 Å². The number of methoxy groups -OCH3 is 1. The number of benzene rings is 1. The average Bonchev–Trinajstić information content (AvgIpc) is 2.60. The SMILES string of the molecule is COC(=O)c1cccc(NC(=O)CCN2CCN(C=O)CC2)c1. The monoisotopic (exact) mass is 319 g/mol. The van der Waals surface area contributed by atoms with E-state index in [1.807, 2.05) is 0 Å². The summed E-state index contributed by atoms with van der Waals surface area (Å²) in [6, 6.07) is 6.65. The summed E-state index contributed by atoms with van der Waals surface area (Å²) < 4.78 is 4.65. The highest BCUT2D eigenvalue weighted by molar-refractivity contribution is 5.94.